The lowest BCUT2D eigenvalue weighted by atomic mass is 10.2. The highest BCUT2D eigenvalue weighted by Crippen LogP contribution is 2.17. The largest absolute Gasteiger partial charge is 0.481 e. The molecule has 2 aromatic rings. The summed E-state index contributed by atoms with van der Waals surface area (Å²) in [5.74, 6) is -1.14. The number of carboxylic acid groups (broad SMARTS) is 1. The van der Waals surface area contributed by atoms with Gasteiger partial charge in [-0.2, -0.15) is 0 Å². The van der Waals surface area contributed by atoms with E-state index in [0.717, 1.165) is 5.56 Å². The number of carboxylic acids is 1. The number of aliphatic carboxylic acids is 1. The number of rotatable bonds is 4. The first-order valence-electron chi connectivity index (χ1n) is 5.14. The summed E-state index contributed by atoms with van der Waals surface area (Å²) in [6.45, 7) is 0.379. The van der Waals surface area contributed by atoms with E-state index in [1.54, 1.807) is 29.2 Å². The zero-order valence-corrected chi connectivity index (χ0v) is 9.01. The molecular weight excluding hydrogens is 223 g/mol. The molecule has 2 rings (SSSR count). The third-order valence-electron chi connectivity index (χ3n) is 2.36. The van der Waals surface area contributed by atoms with Gasteiger partial charge in [-0.25, -0.2) is 9.37 Å². The molecule has 0 aliphatic rings. The van der Waals surface area contributed by atoms with Gasteiger partial charge in [0, 0.05) is 18.3 Å². The molecule has 0 radical (unpaired) electrons. The zero-order valence-electron chi connectivity index (χ0n) is 9.01. The summed E-state index contributed by atoms with van der Waals surface area (Å²) in [6, 6.07) is 6.01. The number of nitrogens with zero attached hydrogens (tertiary/aromatic N) is 2. The van der Waals surface area contributed by atoms with E-state index in [9.17, 15) is 9.18 Å². The van der Waals surface area contributed by atoms with Gasteiger partial charge in [-0.3, -0.25) is 4.79 Å². The van der Waals surface area contributed by atoms with E-state index in [1.165, 1.54) is 12.1 Å². The van der Waals surface area contributed by atoms with Gasteiger partial charge in [0.15, 0.2) is 0 Å². The van der Waals surface area contributed by atoms with E-state index < -0.39 is 5.97 Å². The van der Waals surface area contributed by atoms with Crippen molar-refractivity contribution in [3.8, 4) is 11.3 Å². The molecule has 0 amide bonds. The van der Waals surface area contributed by atoms with E-state index in [0.29, 0.717) is 12.2 Å². The molecule has 0 unspecified atom stereocenters. The third kappa shape index (κ3) is 2.90. The molecule has 17 heavy (non-hydrogen) atoms. The first-order chi connectivity index (χ1) is 8.15. The summed E-state index contributed by atoms with van der Waals surface area (Å²) in [4.78, 5) is 14.6. The molecule has 88 valence electrons. The number of aromatic nitrogens is 2. The Morgan fingerprint density at radius 3 is 2.71 bits per heavy atom. The molecule has 0 saturated carbocycles. The van der Waals surface area contributed by atoms with Crippen LogP contribution in [0.15, 0.2) is 36.8 Å². The van der Waals surface area contributed by atoms with Crippen molar-refractivity contribution < 1.29 is 14.3 Å². The molecule has 1 N–H and O–H groups in total. The highest BCUT2D eigenvalue weighted by atomic mass is 19.1. The van der Waals surface area contributed by atoms with Crippen molar-refractivity contribution in [3.05, 3.63) is 42.6 Å². The number of halogens is 1. The molecule has 0 atom stereocenters. The molecule has 0 fully saturated rings. The molecule has 0 aliphatic carbocycles. The Kier molecular flexibility index (Phi) is 3.18. The van der Waals surface area contributed by atoms with E-state index in [4.69, 9.17) is 5.11 Å². The Bertz CT molecular complexity index is 520. The van der Waals surface area contributed by atoms with Crippen LogP contribution >= 0.6 is 0 Å². The summed E-state index contributed by atoms with van der Waals surface area (Å²) >= 11 is 0. The topological polar surface area (TPSA) is 55.1 Å². The van der Waals surface area contributed by atoms with Crippen LogP contribution in [0.1, 0.15) is 6.42 Å². The summed E-state index contributed by atoms with van der Waals surface area (Å²) in [5, 5.41) is 8.55. The van der Waals surface area contributed by atoms with Crippen molar-refractivity contribution in [1.82, 2.24) is 9.55 Å². The van der Waals surface area contributed by atoms with Crippen molar-refractivity contribution in [1.29, 1.82) is 0 Å². The Morgan fingerprint density at radius 2 is 2.06 bits per heavy atom. The molecular formula is C12H11FN2O2. The fraction of sp³-hybridized carbons (Fsp3) is 0.167. The quantitative estimate of drug-likeness (QED) is 0.881. The average molecular weight is 234 g/mol. The van der Waals surface area contributed by atoms with Crippen LogP contribution in [0.4, 0.5) is 4.39 Å². The number of aryl methyl sites for hydroxylation is 1. The summed E-state index contributed by atoms with van der Waals surface area (Å²) in [6.07, 6.45) is 3.37. The van der Waals surface area contributed by atoms with E-state index >= 15 is 0 Å². The van der Waals surface area contributed by atoms with Crippen molar-refractivity contribution in [2.24, 2.45) is 0 Å². The fourth-order valence-corrected chi connectivity index (χ4v) is 1.48. The molecule has 0 spiro atoms. The second-order valence-corrected chi connectivity index (χ2v) is 3.65. The van der Waals surface area contributed by atoms with Crippen LogP contribution in [0.5, 0.6) is 0 Å². The zero-order chi connectivity index (χ0) is 12.3. The number of hydrogen-bond donors (Lipinski definition) is 1. The van der Waals surface area contributed by atoms with E-state index in [1.807, 2.05) is 0 Å². The highest BCUT2D eigenvalue weighted by Gasteiger charge is 2.03. The average Bonchev–Trinajstić information content (AvgIpc) is 2.76. The monoisotopic (exact) mass is 234 g/mol. The highest BCUT2D eigenvalue weighted by molar-refractivity contribution is 5.66. The molecule has 1 aromatic heterocycles. The van der Waals surface area contributed by atoms with Crippen LogP contribution in [-0.4, -0.2) is 20.6 Å². The van der Waals surface area contributed by atoms with Gasteiger partial charge in [-0.15, -0.1) is 0 Å². The molecule has 1 aromatic carbocycles. The van der Waals surface area contributed by atoms with E-state index in [-0.39, 0.29) is 12.2 Å². The standard InChI is InChI=1S/C12H11FN2O2/c13-10-3-1-9(2-4-10)11-7-15(8-14-11)6-5-12(16)17/h1-4,7-8H,5-6H2,(H,16,17). The minimum absolute atomic E-state index is 0.0548. The normalized spacial score (nSPS) is 10.4. The van der Waals surface area contributed by atoms with Crippen LogP contribution < -0.4 is 0 Å². The van der Waals surface area contributed by atoms with Crippen molar-refractivity contribution in [2.75, 3.05) is 0 Å². The van der Waals surface area contributed by atoms with Gasteiger partial charge >= 0.3 is 5.97 Å². The van der Waals surface area contributed by atoms with Gasteiger partial charge in [0.05, 0.1) is 18.4 Å². The van der Waals surface area contributed by atoms with Crippen LogP contribution in [0, 0.1) is 5.82 Å². The van der Waals surface area contributed by atoms with Crippen LogP contribution in [-0.2, 0) is 11.3 Å². The molecule has 4 nitrogen and oxygen atoms in total. The Labute approximate surface area is 97.3 Å². The third-order valence-corrected chi connectivity index (χ3v) is 2.36. The first kappa shape index (κ1) is 11.3. The van der Waals surface area contributed by atoms with Gasteiger partial charge in [0.2, 0.25) is 0 Å². The Hall–Kier alpha value is -2.17. The van der Waals surface area contributed by atoms with Gasteiger partial charge < -0.3 is 9.67 Å². The maximum absolute atomic E-state index is 12.7. The predicted molar refractivity (Wildman–Crippen MR) is 59.9 cm³/mol. The second kappa shape index (κ2) is 4.78. The lowest BCUT2D eigenvalue weighted by Gasteiger charge is -1.97. The second-order valence-electron chi connectivity index (χ2n) is 3.65. The van der Waals surface area contributed by atoms with Gasteiger partial charge in [-0.05, 0) is 24.3 Å². The fourth-order valence-electron chi connectivity index (χ4n) is 1.48. The summed E-state index contributed by atoms with van der Waals surface area (Å²) in [5.41, 5.74) is 1.51. The minimum atomic E-state index is -0.845. The van der Waals surface area contributed by atoms with Gasteiger partial charge in [0.25, 0.3) is 0 Å². The molecule has 0 saturated heterocycles. The van der Waals surface area contributed by atoms with Gasteiger partial charge in [0.1, 0.15) is 5.82 Å². The maximum atomic E-state index is 12.7. The van der Waals surface area contributed by atoms with Crippen LogP contribution in [0.3, 0.4) is 0 Å². The predicted octanol–water partition coefficient (Wildman–Crippen LogP) is 2.16. The lowest BCUT2D eigenvalue weighted by molar-refractivity contribution is -0.137. The van der Waals surface area contributed by atoms with Crippen LogP contribution in [0.25, 0.3) is 11.3 Å². The van der Waals surface area contributed by atoms with Crippen molar-refractivity contribution in [2.45, 2.75) is 13.0 Å². The maximum Gasteiger partial charge on any atom is 0.305 e. The molecule has 0 aliphatic heterocycles. The van der Waals surface area contributed by atoms with Crippen molar-refractivity contribution in [3.63, 3.8) is 0 Å². The number of carbonyl (C=O) groups is 1. The smallest absolute Gasteiger partial charge is 0.305 e. The summed E-state index contributed by atoms with van der Waals surface area (Å²) < 4.78 is 14.4. The molecule has 1 heterocycles. The number of benzene rings is 1. The minimum Gasteiger partial charge on any atom is -0.481 e. The van der Waals surface area contributed by atoms with Gasteiger partial charge in [-0.1, -0.05) is 0 Å². The molecule has 0 bridgehead atoms. The Morgan fingerprint density at radius 1 is 1.35 bits per heavy atom. The first-order valence-corrected chi connectivity index (χ1v) is 5.14. The lowest BCUT2D eigenvalue weighted by Crippen LogP contribution is -2.02. The van der Waals surface area contributed by atoms with E-state index in [2.05, 4.69) is 4.98 Å². The number of hydrogen-bond acceptors (Lipinski definition) is 2. The van der Waals surface area contributed by atoms with Crippen molar-refractivity contribution >= 4 is 5.97 Å². The Balaban J connectivity index is 2.12. The SMILES string of the molecule is O=C(O)CCn1cnc(-c2ccc(F)cc2)c1. The summed E-state index contributed by atoms with van der Waals surface area (Å²) in [7, 11) is 0. The molecule has 5 heteroatoms. The van der Waals surface area contributed by atoms with Crippen LogP contribution in [0.2, 0.25) is 0 Å². The number of imidazole rings is 1.